The Balaban J connectivity index is 1.33. The van der Waals surface area contributed by atoms with Crippen molar-refractivity contribution in [2.24, 2.45) is 0 Å². The average molecular weight is 645 g/mol. The second-order valence-electron chi connectivity index (χ2n) is 13.6. The van der Waals surface area contributed by atoms with Crippen LogP contribution in [0.25, 0.3) is 0 Å². The van der Waals surface area contributed by atoms with Crippen molar-refractivity contribution in [3.63, 3.8) is 0 Å². The minimum absolute atomic E-state index is 0.208. The molecule has 2 aliphatic heterocycles. The smallest absolute Gasteiger partial charge is 0.308 e. The molecule has 0 spiro atoms. The number of carbonyl (C=O) groups is 4. The van der Waals surface area contributed by atoms with Gasteiger partial charge in [0, 0.05) is 37.8 Å². The molecular formula is C39H48O8. The molecule has 2 aromatic rings. The molecule has 252 valence electrons. The van der Waals surface area contributed by atoms with Gasteiger partial charge in [0.05, 0.1) is 6.42 Å². The first kappa shape index (κ1) is 35.7. The number of fused-ring (bicyclic) bond motifs is 2. The summed E-state index contributed by atoms with van der Waals surface area (Å²) in [6, 6.07) is 0. The van der Waals surface area contributed by atoms with Crippen molar-refractivity contribution in [1.29, 1.82) is 0 Å². The van der Waals surface area contributed by atoms with Gasteiger partial charge >= 0.3 is 11.9 Å². The molecule has 0 saturated carbocycles. The van der Waals surface area contributed by atoms with E-state index in [0.29, 0.717) is 24.3 Å². The number of ether oxygens (including phenoxy) is 4. The van der Waals surface area contributed by atoms with E-state index in [1.807, 2.05) is 55.4 Å². The Morgan fingerprint density at radius 1 is 0.617 bits per heavy atom. The van der Waals surface area contributed by atoms with Crippen molar-refractivity contribution in [1.82, 2.24) is 0 Å². The SMILES string of the molecule is CC(=O)Oc1c(C)c(C)c2c(c1C)CCC(C)(CC=CC(=O)CC(=O)C=CCC1(C)CCc3c(C)c(OC(C)=O)c(C)c(C)c3O1)O2. The molecular weight excluding hydrogens is 596 g/mol. The van der Waals surface area contributed by atoms with Crippen molar-refractivity contribution in [3.8, 4) is 23.0 Å². The van der Waals surface area contributed by atoms with Crippen LogP contribution in [0.2, 0.25) is 0 Å². The second kappa shape index (κ2) is 13.9. The van der Waals surface area contributed by atoms with Gasteiger partial charge in [-0.3, -0.25) is 19.2 Å². The first-order valence-electron chi connectivity index (χ1n) is 16.3. The molecule has 47 heavy (non-hydrogen) atoms. The quantitative estimate of drug-likeness (QED) is 0.112. The lowest BCUT2D eigenvalue weighted by atomic mass is 9.85. The van der Waals surface area contributed by atoms with E-state index in [2.05, 4.69) is 0 Å². The molecule has 0 saturated heterocycles. The predicted molar refractivity (Wildman–Crippen MR) is 181 cm³/mol. The van der Waals surface area contributed by atoms with Gasteiger partial charge in [-0.15, -0.1) is 0 Å². The van der Waals surface area contributed by atoms with Crippen LogP contribution in [0, 0.1) is 41.5 Å². The van der Waals surface area contributed by atoms with Crippen molar-refractivity contribution in [2.45, 2.75) is 125 Å². The largest absolute Gasteiger partial charge is 0.487 e. The van der Waals surface area contributed by atoms with E-state index in [4.69, 9.17) is 18.9 Å². The third-order valence-electron chi connectivity index (χ3n) is 9.67. The lowest BCUT2D eigenvalue weighted by Crippen LogP contribution is -2.36. The highest BCUT2D eigenvalue weighted by Gasteiger charge is 2.35. The monoisotopic (exact) mass is 644 g/mol. The van der Waals surface area contributed by atoms with Gasteiger partial charge in [0.1, 0.15) is 34.2 Å². The summed E-state index contributed by atoms with van der Waals surface area (Å²) in [6.45, 7) is 18.5. The Morgan fingerprint density at radius 3 is 1.32 bits per heavy atom. The van der Waals surface area contributed by atoms with Gasteiger partial charge in [-0.25, -0.2) is 0 Å². The zero-order valence-electron chi connectivity index (χ0n) is 29.5. The number of esters is 2. The van der Waals surface area contributed by atoms with E-state index in [1.165, 1.54) is 26.0 Å². The first-order chi connectivity index (χ1) is 21.9. The Labute approximate surface area is 278 Å². The van der Waals surface area contributed by atoms with Crippen LogP contribution < -0.4 is 18.9 Å². The maximum Gasteiger partial charge on any atom is 0.308 e. The molecule has 2 aliphatic rings. The molecule has 0 aromatic heterocycles. The van der Waals surface area contributed by atoms with Gasteiger partial charge in [0.2, 0.25) is 0 Å². The molecule has 4 rings (SSSR count). The number of carbonyl (C=O) groups excluding carboxylic acids is 4. The zero-order chi connectivity index (χ0) is 34.8. The molecule has 0 amide bonds. The van der Waals surface area contributed by atoms with E-state index < -0.39 is 11.2 Å². The summed E-state index contributed by atoms with van der Waals surface area (Å²) in [7, 11) is 0. The highest BCUT2D eigenvalue weighted by Crippen LogP contribution is 2.46. The predicted octanol–water partition coefficient (Wildman–Crippen LogP) is 7.68. The molecule has 8 nitrogen and oxygen atoms in total. The summed E-state index contributed by atoms with van der Waals surface area (Å²) in [5.74, 6) is 1.63. The molecule has 2 heterocycles. The molecule has 0 bridgehead atoms. The molecule has 0 fully saturated rings. The summed E-state index contributed by atoms with van der Waals surface area (Å²) < 4.78 is 24.0. The highest BCUT2D eigenvalue weighted by atomic mass is 16.5. The molecule has 2 unspecified atom stereocenters. The van der Waals surface area contributed by atoms with Gasteiger partial charge in [0.25, 0.3) is 0 Å². The zero-order valence-corrected chi connectivity index (χ0v) is 29.5. The third kappa shape index (κ3) is 7.86. The van der Waals surface area contributed by atoms with Crippen molar-refractivity contribution in [2.75, 3.05) is 0 Å². The number of benzene rings is 2. The molecule has 2 atom stereocenters. The van der Waals surface area contributed by atoms with Crippen LogP contribution in [0.15, 0.2) is 24.3 Å². The Hall–Kier alpha value is -4.20. The van der Waals surface area contributed by atoms with Crippen molar-refractivity contribution in [3.05, 3.63) is 68.8 Å². The van der Waals surface area contributed by atoms with Crippen LogP contribution >= 0.6 is 0 Å². The molecule has 0 aliphatic carbocycles. The average Bonchev–Trinajstić information content (AvgIpc) is 2.98. The Kier molecular flexibility index (Phi) is 10.5. The van der Waals surface area contributed by atoms with Crippen LogP contribution in [-0.2, 0) is 32.0 Å². The normalized spacial score (nSPS) is 20.3. The van der Waals surface area contributed by atoms with Crippen LogP contribution in [0.1, 0.15) is 104 Å². The number of hydrogen-bond acceptors (Lipinski definition) is 8. The summed E-state index contributed by atoms with van der Waals surface area (Å²) in [6.07, 6.45) is 10.4. The Bertz CT molecular complexity index is 1570. The van der Waals surface area contributed by atoms with Gasteiger partial charge in [-0.1, -0.05) is 12.2 Å². The van der Waals surface area contributed by atoms with Crippen LogP contribution in [0.3, 0.4) is 0 Å². The molecule has 2 aromatic carbocycles. The van der Waals surface area contributed by atoms with Gasteiger partial charge in [-0.2, -0.15) is 0 Å². The minimum Gasteiger partial charge on any atom is -0.487 e. The standard InChI is InChI=1S/C39H48O8/c1-22-24(3)36-32(26(5)34(22)44-28(7)40)15-19-38(9,46-36)17-11-13-30(42)21-31(43)14-12-18-39(10)20-16-33-27(6)35(45-29(8)41)23(2)25(4)37(33)47-39/h11-14H,15-21H2,1-10H3. The maximum absolute atomic E-state index is 12.6. The minimum atomic E-state index is -0.508. The summed E-state index contributed by atoms with van der Waals surface area (Å²) in [5.41, 5.74) is 6.55. The van der Waals surface area contributed by atoms with E-state index in [-0.39, 0.29) is 29.9 Å². The van der Waals surface area contributed by atoms with Crippen LogP contribution in [-0.4, -0.2) is 34.7 Å². The topological polar surface area (TPSA) is 105 Å². The maximum atomic E-state index is 12.6. The van der Waals surface area contributed by atoms with Crippen molar-refractivity contribution >= 4 is 23.5 Å². The van der Waals surface area contributed by atoms with E-state index >= 15 is 0 Å². The van der Waals surface area contributed by atoms with Crippen LogP contribution in [0.4, 0.5) is 0 Å². The van der Waals surface area contributed by atoms with Gasteiger partial charge in [0.15, 0.2) is 11.6 Å². The first-order valence-corrected chi connectivity index (χ1v) is 16.3. The van der Waals surface area contributed by atoms with E-state index in [0.717, 1.165) is 81.7 Å². The van der Waals surface area contributed by atoms with Crippen LogP contribution in [0.5, 0.6) is 23.0 Å². The lowest BCUT2D eigenvalue weighted by Gasteiger charge is -2.37. The molecule has 0 N–H and O–H groups in total. The van der Waals surface area contributed by atoms with E-state index in [9.17, 15) is 19.2 Å². The summed E-state index contributed by atoms with van der Waals surface area (Å²) in [4.78, 5) is 48.6. The molecule has 0 radical (unpaired) electrons. The number of hydrogen-bond donors (Lipinski definition) is 0. The molecule has 8 heteroatoms. The second-order valence-corrected chi connectivity index (χ2v) is 13.6. The lowest BCUT2D eigenvalue weighted by molar-refractivity contribution is -0.132. The fourth-order valence-corrected chi connectivity index (χ4v) is 6.61. The fourth-order valence-electron chi connectivity index (χ4n) is 6.61. The van der Waals surface area contributed by atoms with Gasteiger partial charge < -0.3 is 18.9 Å². The fraction of sp³-hybridized carbons (Fsp3) is 0.487. The van der Waals surface area contributed by atoms with Gasteiger partial charge in [-0.05, 0) is 127 Å². The number of ketones is 2. The number of allylic oxidation sites excluding steroid dienone is 2. The number of rotatable bonds is 10. The highest BCUT2D eigenvalue weighted by molar-refractivity contribution is 6.08. The summed E-state index contributed by atoms with van der Waals surface area (Å²) >= 11 is 0. The van der Waals surface area contributed by atoms with Crippen molar-refractivity contribution < 1.29 is 38.1 Å². The third-order valence-corrected chi connectivity index (χ3v) is 9.67. The Morgan fingerprint density at radius 2 is 0.979 bits per heavy atom. The van der Waals surface area contributed by atoms with E-state index in [1.54, 1.807) is 12.2 Å². The summed E-state index contributed by atoms with van der Waals surface area (Å²) in [5, 5.41) is 0.